The van der Waals surface area contributed by atoms with Gasteiger partial charge in [0.15, 0.2) is 0 Å². The molecule has 0 bridgehead atoms. The number of nitrogens with zero attached hydrogens (tertiary/aromatic N) is 2. The Morgan fingerprint density at radius 2 is 1.39 bits per heavy atom. The van der Waals surface area contributed by atoms with Crippen molar-refractivity contribution in [2.75, 3.05) is 25.5 Å². The van der Waals surface area contributed by atoms with Crippen LogP contribution in [0.3, 0.4) is 0 Å². The van der Waals surface area contributed by atoms with Crippen molar-refractivity contribution in [2.45, 2.75) is 19.3 Å². The van der Waals surface area contributed by atoms with Crippen LogP contribution in [-0.4, -0.2) is 39.0 Å². The Kier molecular flexibility index (Phi) is 10.2. The summed E-state index contributed by atoms with van der Waals surface area (Å²) in [5.74, 6) is 1.82. The molecule has 2 atom stereocenters. The number of amides is 1. The van der Waals surface area contributed by atoms with Gasteiger partial charge in [0.2, 0.25) is 5.91 Å². The highest BCUT2D eigenvalue weighted by Crippen LogP contribution is 2.46. The quantitative estimate of drug-likeness (QED) is 0.624. The standard InChI is InChI=1S/C16H14N2O.C10H12.CH5N.CH2O/c1-18-14-10-6-5-9-13(14)16(17-11-15(18)19)12-7-3-2-4-8-12;1-8-7-10(8)9-5-3-2-4-6-9;2*1-2/h2-10H,11H2,1H3;2-6,8,10H,7H2,1H3;2H2,1H3;1H2. The second-order valence-electron chi connectivity index (χ2n) is 7.73. The second-order valence-corrected chi connectivity index (χ2v) is 7.73. The summed E-state index contributed by atoms with van der Waals surface area (Å²) in [5, 5.41) is 0. The molecule has 0 radical (unpaired) electrons. The molecule has 2 aliphatic rings. The van der Waals surface area contributed by atoms with E-state index >= 15 is 0 Å². The predicted octanol–water partition coefficient (Wildman–Crippen LogP) is 4.70. The first-order chi connectivity index (χ1) is 16.1. The molecule has 172 valence electrons. The molecular weight excluding hydrogens is 410 g/mol. The van der Waals surface area contributed by atoms with Crippen molar-refractivity contribution >= 4 is 24.1 Å². The molecule has 0 aromatic heterocycles. The lowest BCUT2D eigenvalue weighted by atomic mass is 10.0. The lowest BCUT2D eigenvalue weighted by Crippen LogP contribution is -2.27. The van der Waals surface area contributed by atoms with Gasteiger partial charge in [-0.3, -0.25) is 9.79 Å². The largest absolute Gasteiger partial charge is 0.333 e. The highest BCUT2D eigenvalue weighted by Gasteiger charge is 2.33. The number of para-hydroxylation sites is 1. The first kappa shape index (κ1) is 25.7. The van der Waals surface area contributed by atoms with Gasteiger partial charge in [-0.05, 0) is 36.9 Å². The normalized spacial score (nSPS) is 17.9. The Morgan fingerprint density at radius 3 is 1.97 bits per heavy atom. The van der Waals surface area contributed by atoms with Crippen LogP contribution in [0.15, 0.2) is 89.9 Å². The minimum absolute atomic E-state index is 0.0124. The summed E-state index contributed by atoms with van der Waals surface area (Å²) in [7, 11) is 3.30. The van der Waals surface area contributed by atoms with E-state index in [0.29, 0.717) is 0 Å². The zero-order valence-corrected chi connectivity index (χ0v) is 19.6. The maximum Gasteiger partial charge on any atom is 0.248 e. The Balaban J connectivity index is 0.000000232. The third-order valence-corrected chi connectivity index (χ3v) is 5.65. The lowest BCUT2D eigenvalue weighted by Gasteiger charge is -2.17. The molecule has 1 aliphatic carbocycles. The van der Waals surface area contributed by atoms with E-state index in [1.165, 1.54) is 19.0 Å². The summed E-state index contributed by atoms with van der Waals surface area (Å²) in [6.07, 6.45) is 1.39. The molecule has 1 amide bonds. The molecule has 33 heavy (non-hydrogen) atoms. The lowest BCUT2D eigenvalue weighted by molar-refractivity contribution is -0.116. The van der Waals surface area contributed by atoms with E-state index in [0.717, 1.165) is 34.4 Å². The Hall–Kier alpha value is -3.57. The molecule has 2 N–H and O–H groups in total. The SMILES string of the molecule is C=O.CC1CC1c1ccccc1.CN.CN1C(=O)CN=C(c2ccccc2)c2ccccc21. The highest BCUT2D eigenvalue weighted by molar-refractivity contribution is 6.19. The number of nitrogens with two attached hydrogens (primary N) is 1. The van der Waals surface area contributed by atoms with Crippen molar-refractivity contribution in [2.24, 2.45) is 16.6 Å². The second kappa shape index (κ2) is 13.1. The molecule has 1 saturated carbocycles. The van der Waals surface area contributed by atoms with E-state index in [1.54, 1.807) is 11.9 Å². The number of fused-ring (bicyclic) bond motifs is 1. The van der Waals surface area contributed by atoms with Crippen LogP contribution in [0.2, 0.25) is 0 Å². The van der Waals surface area contributed by atoms with E-state index in [2.05, 4.69) is 48.0 Å². The van der Waals surface area contributed by atoms with Crippen LogP contribution >= 0.6 is 0 Å². The van der Waals surface area contributed by atoms with Crippen molar-refractivity contribution in [1.29, 1.82) is 0 Å². The number of benzodiazepines with no additional fused rings is 1. The van der Waals surface area contributed by atoms with Gasteiger partial charge in [0.1, 0.15) is 13.3 Å². The molecule has 5 heteroatoms. The van der Waals surface area contributed by atoms with Crippen LogP contribution in [0, 0.1) is 5.92 Å². The number of benzene rings is 3. The number of hydrogen-bond donors (Lipinski definition) is 1. The van der Waals surface area contributed by atoms with E-state index in [4.69, 9.17) is 4.79 Å². The number of hydrogen-bond acceptors (Lipinski definition) is 4. The summed E-state index contributed by atoms with van der Waals surface area (Å²) in [6, 6.07) is 28.7. The number of carbonyl (C=O) groups excluding carboxylic acids is 2. The van der Waals surface area contributed by atoms with Gasteiger partial charge in [-0.15, -0.1) is 0 Å². The van der Waals surface area contributed by atoms with E-state index < -0.39 is 0 Å². The van der Waals surface area contributed by atoms with Gasteiger partial charge in [-0.25, -0.2) is 0 Å². The van der Waals surface area contributed by atoms with Crippen molar-refractivity contribution in [3.8, 4) is 0 Å². The Morgan fingerprint density at radius 1 is 0.879 bits per heavy atom. The third kappa shape index (κ3) is 6.70. The number of anilines is 1. The van der Waals surface area contributed by atoms with Gasteiger partial charge in [0.05, 0.1) is 11.4 Å². The summed E-state index contributed by atoms with van der Waals surface area (Å²) < 4.78 is 0. The van der Waals surface area contributed by atoms with Crippen molar-refractivity contribution < 1.29 is 9.59 Å². The summed E-state index contributed by atoms with van der Waals surface area (Å²) in [5.41, 5.74) is 9.86. The molecule has 2 unspecified atom stereocenters. The van der Waals surface area contributed by atoms with Gasteiger partial charge in [-0.2, -0.15) is 0 Å². The van der Waals surface area contributed by atoms with Gasteiger partial charge in [-0.1, -0.05) is 85.8 Å². The smallest absolute Gasteiger partial charge is 0.248 e. The van der Waals surface area contributed by atoms with Gasteiger partial charge in [0.25, 0.3) is 0 Å². The average molecular weight is 444 g/mol. The number of rotatable bonds is 2. The fourth-order valence-electron chi connectivity index (χ4n) is 3.77. The van der Waals surface area contributed by atoms with Crippen LogP contribution in [-0.2, 0) is 9.59 Å². The minimum atomic E-state index is 0.0124. The summed E-state index contributed by atoms with van der Waals surface area (Å²) in [6.45, 7) is 4.51. The highest BCUT2D eigenvalue weighted by atomic mass is 16.2. The third-order valence-electron chi connectivity index (χ3n) is 5.65. The Bertz CT molecular complexity index is 1040. The van der Waals surface area contributed by atoms with E-state index in [-0.39, 0.29) is 12.5 Å². The van der Waals surface area contributed by atoms with Crippen molar-refractivity contribution in [3.63, 3.8) is 0 Å². The number of likely N-dealkylation sites (N-methyl/N-ethyl adjacent to an activating group) is 1. The molecule has 1 heterocycles. The summed E-state index contributed by atoms with van der Waals surface area (Å²) in [4.78, 5) is 26.1. The van der Waals surface area contributed by atoms with Crippen molar-refractivity contribution in [1.82, 2.24) is 0 Å². The molecule has 1 aliphatic heterocycles. The Labute approximate surface area is 197 Å². The van der Waals surface area contributed by atoms with Crippen LogP contribution in [0.25, 0.3) is 0 Å². The predicted molar refractivity (Wildman–Crippen MR) is 137 cm³/mol. The monoisotopic (exact) mass is 443 g/mol. The van der Waals surface area contributed by atoms with Crippen LogP contribution < -0.4 is 10.6 Å². The first-order valence-electron chi connectivity index (χ1n) is 11.0. The zero-order valence-electron chi connectivity index (χ0n) is 19.6. The van der Waals surface area contributed by atoms with Crippen LogP contribution in [0.5, 0.6) is 0 Å². The van der Waals surface area contributed by atoms with E-state index in [1.807, 2.05) is 61.4 Å². The molecular formula is C28H33N3O2. The van der Waals surface area contributed by atoms with Crippen LogP contribution in [0.1, 0.15) is 36.0 Å². The molecule has 3 aromatic rings. The maximum atomic E-state index is 12.0. The number of aliphatic imine (C=N–C) groups is 1. The van der Waals surface area contributed by atoms with Crippen molar-refractivity contribution in [3.05, 3.63) is 102 Å². The molecule has 5 rings (SSSR count). The number of carbonyl (C=O) groups is 2. The molecule has 0 saturated heterocycles. The van der Waals surface area contributed by atoms with E-state index in [9.17, 15) is 4.79 Å². The minimum Gasteiger partial charge on any atom is -0.333 e. The fourth-order valence-corrected chi connectivity index (χ4v) is 3.77. The summed E-state index contributed by atoms with van der Waals surface area (Å²) >= 11 is 0. The zero-order chi connectivity index (χ0) is 24.2. The maximum absolute atomic E-state index is 12.0. The molecule has 3 aromatic carbocycles. The van der Waals surface area contributed by atoms with Gasteiger partial charge in [0, 0.05) is 18.2 Å². The molecule has 0 spiro atoms. The fraction of sp³-hybridized carbons (Fsp3) is 0.250. The topological polar surface area (TPSA) is 75.8 Å². The molecule has 1 fully saturated rings. The van der Waals surface area contributed by atoms with Crippen LogP contribution in [0.4, 0.5) is 5.69 Å². The average Bonchev–Trinajstić information content (AvgIpc) is 3.66. The van der Waals surface area contributed by atoms with Gasteiger partial charge >= 0.3 is 0 Å². The van der Waals surface area contributed by atoms with Gasteiger partial charge < -0.3 is 15.4 Å². The first-order valence-corrected chi connectivity index (χ1v) is 11.0. The molecule has 5 nitrogen and oxygen atoms in total.